The molecule has 0 unspecified atom stereocenters. The number of carbonyl (C=O) groups is 1. The normalized spacial score (nSPS) is 22.2. The SMILES string of the molecule is O=C(C1CCCC1)N1CCC[C@H](c2nccn2Cc2cscn2)C1. The number of carbonyl (C=O) groups excluding carboxylic acids is 1. The molecule has 0 bridgehead atoms. The lowest BCUT2D eigenvalue weighted by Gasteiger charge is -2.34. The summed E-state index contributed by atoms with van der Waals surface area (Å²) in [5.74, 6) is 2.11. The minimum absolute atomic E-state index is 0.276. The van der Waals surface area contributed by atoms with Crippen molar-refractivity contribution in [2.24, 2.45) is 5.92 Å². The van der Waals surface area contributed by atoms with Gasteiger partial charge in [0.05, 0.1) is 17.7 Å². The third kappa shape index (κ3) is 3.24. The number of thiazole rings is 1. The zero-order valence-corrected chi connectivity index (χ0v) is 14.7. The van der Waals surface area contributed by atoms with Crippen LogP contribution in [0, 0.1) is 5.92 Å². The predicted molar refractivity (Wildman–Crippen MR) is 94.0 cm³/mol. The van der Waals surface area contributed by atoms with Gasteiger partial charge in [0, 0.05) is 42.7 Å². The highest BCUT2D eigenvalue weighted by Gasteiger charge is 2.32. The zero-order chi connectivity index (χ0) is 16.4. The molecule has 2 aliphatic rings. The topological polar surface area (TPSA) is 51.0 Å². The van der Waals surface area contributed by atoms with Crippen LogP contribution in [-0.4, -0.2) is 38.4 Å². The van der Waals surface area contributed by atoms with Gasteiger partial charge in [-0.2, -0.15) is 0 Å². The fraction of sp³-hybridized carbons (Fsp3) is 0.611. The number of amides is 1. The zero-order valence-electron chi connectivity index (χ0n) is 13.9. The first-order valence-electron chi connectivity index (χ1n) is 8.98. The van der Waals surface area contributed by atoms with E-state index >= 15 is 0 Å². The number of aromatic nitrogens is 3. The highest BCUT2D eigenvalue weighted by atomic mass is 32.1. The summed E-state index contributed by atoms with van der Waals surface area (Å²) >= 11 is 1.62. The Morgan fingerprint density at radius 2 is 2.08 bits per heavy atom. The molecule has 24 heavy (non-hydrogen) atoms. The Labute approximate surface area is 146 Å². The van der Waals surface area contributed by atoms with Crippen LogP contribution in [0.1, 0.15) is 56.0 Å². The molecule has 5 nitrogen and oxygen atoms in total. The van der Waals surface area contributed by atoms with Gasteiger partial charge >= 0.3 is 0 Å². The van der Waals surface area contributed by atoms with E-state index in [1.54, 1.807) is 11.3 Å². The van der Waals surface area contributed by atoms with E-state index in [1.165, 1.54) is 12.8 Å². The highest BCUT2D eigenvalue weighted by molar-refractivity contribution is 7.07. The van der Waals surface area contributed by atoms with Crippen LogP contribution in [0.3, 0.4) is 0 Å². The van der Waals surface area contributed by atoms with E-state index in [2.05, 4.69) is 24.8 Å². The Hall–Kier alpha value is -1.69. The molecule has 0 N–H and O–H groups in total. The Morgan fingerprint density at radius 1 is 1.21 bits per heavy atom. The Balaban J connectivity index is 1.46. The molecule has 6 heteroatoms. The van der Waals surface area contributed by atoms with Crippen molar-refractivity contribution < 1.29 is 4.79 Å². The van der Waals surface area contributed by atoms with Crippen molar-refractivity contribution in [2.45, 2.75) is 51.0 Å². The average Bonchev–Trinajstić information content (AvgIpc) is 3.37. The first-order chi connectivity index (χ1) is 11.8. The molecule has 2 aromatic rings. The number of likely N-dealkylation sites (tertiary alicyclic amines) is 1. The second kappa shape index (κ2) is 7.05. The molecule has 2 aromatic heterocycles. The molecule has 4 rings (SSSR count). The molecule has 1 aliphatic carbocycles. The maximum Gasteiger partial charge on any atom is 0.225 e. The van der Waals surface area contributed by atoms with E-state index in [-0.39, 0.29) is 5.92 Å². The van der Waals surface area contributed by atoms with Crippen molar-refractivity contribution in [3.63, 3.8) is 0 Å². The maximum atomic E-state index is 12.7. The fourth-order valence-corrected chi connectivity index (χ4v) is 4.67. The lowest BCUT2D eigenvalue weighted by Crippen LogP contribution is -2.42. The average molecular weight is 344 g/mol. The van der Waals surface area contributed by atoms with Gasteiger partial charge in [-0.1, -0.05) is 12.8 Å². The first-order valence-corrected chi connectivity index (χ1v) is 9.92. The molecule has 1 saturated carbocycles. The van der Waals surface area contributed by atoms with Crippen LogP contribution in [0.15, 0.2) is 23.3 Å². The summed E-state index contributed by atoms with van der Waals surface area (Å²) in [5, 5.41) is 2.08. The van der Waals surface area contributed by atoms with Gasteiger partial charge in [-0.25, -0.2) is 9.97 Å². The van der Waals surface area contributed by atoms with Crippen molar-refractivity contribution in [1.82, 2.24) is 19.4 Å². The van der Waals surface area contributed by atoms with E-state index in [0.717, 1.165) is 56.8 Å². The summed E-state index contributed by atoms with van der Waals surface area (Å²) in [6.07, 6.45) is 10.7. The second-order valence-corrected chi connectivity index (χ2v) is 7.72. The van der Waals surface area contributed by atoms with Gasteiger partial charge in [0.15, 0.2) is 0 Å². The quantitative estimate of drug-likeness (QED) is 0.855. The molecule has 0 spiro atoms. The van der Waals surface area contributed by atoms with Gasteiger partial charge < -0.3 is 9.47 Å². The molecule has 1 atom stereocenters. The summed E-state index contributed by atoms with van der Waals surface area (Å²) < 4.78 is 2.20. The van der Waals surface area contributed by atoms with E-state index in [9.17, 15) is 4.79 Å². The van der Waals surface area contributed by atoms with Crippen molar-refractivity contribution in [3.05, 3.63) is 34.8 Å². The molecule has 0 radical (unpaired) electrons. The van der Waals surface area contributed by atoms with E-state index < -0.39 is 0 Å². The minimum atomic E-state index is 0.276. The number of hydrogen-bond donors (Lipinski definition) is 0. The maximum absolute atomic E-state index is 12.7. The number of piperidine rings is 1. The van der Waals surface area contributed by atoms with Crippen LogP contribution in [0.25, 0.3) is 0 Å². The molecule has 2 fully saturated rings. The number of imidazole rings is 1. The van der Waals surface area contributed by atoms with Crippen LogP contribution < -0.4 is 0 Å². The highest BCUT2D eigenvalue weighted by Crippen LogP contribution is 2.31. The monoisotopic (exact) mass is 344 g/mol. The number of hydrogen-bond acceptors (Lipinski definition) is 4. The van der Waals surface area contributed by atoms with Gasteiger partial charge in [0.25, 0.3) is 0 Å². The lowest BCUT2D eigenvalue weighted by molar-refractivity contribution is -0.136. The minimum Gasteiger partial charge on any atom is -0.342 e. The first kappa shape index (κ1) is 15.8. The summed E-state index contributed by atoms with van der Waals surface area (Å²) in [6.45, 7) is 2.51. The van der Waals surface area contributed by atoms with Crippen molar-refractivity contribution in [1.29, 1.82) is 0 Å². The Kier molecular flexibility index (Phi) is 4.65. The van der Waals surface area contributed by atoms with E-state index in [1.807, 2.05) is 17.9 Å². The summed E-state index contributed by atoms with van der Waals surface area (Å²) in [5.41, 5.74) is 2.95. The van der Waals surface area contributed by atoms with Gasteiger partial charge in [-0.05, 0) is 25.7 Å². The molecule has 128 valence electrons. The lowest BCUT2D eigenvalue weighted by atomic mass is 9.95. The summed E-state index contributed by atoms with van der Waals surface area (Å²) in [7, 11) is 0. The molecule has 0 aromatic carbocycles. The standard InChI is InChI=1S/C18H24N4OS/c23-18(14-4-1-2-5-14)22-8-3-6-15(10-22)17-19-7-9-21(17)11-16-12-24-13-20-16/h7,9,12-15H,1-6,8,10-11H2/t15-/m0/s1. The van der Waals surface area contributed by atoms with Gasteiger partial charge in [-0.3, -0.25) is 4.79 Å². The van der Waals surface area contributed by atoms with Crippen molar-refractivity contribution in [3.8, 4) is 0 Å². The Morgan fingerprint density at radius 3 is 2.88 bits per heavy atom. The largest absolute Gasteiger partial charge is 0.342 e. The van der Waals surface area contributed by atoms with E-state index in [0.29, 0.717) is 11.8 Å². The van der Waals surface area contributed by atoms with Crippen LogP contribution >= 0.6 is 11.3 Å². The predicted octanol–water partition coefficient (Wildman–Crippen LogP) is 3.28. The number of nitrogens with zero attached hydrogens (tertiary/aromatic N) is 4. The van der Waals surface area contributed by atoms with E-state index in [4.69, 9.17) is 0 Å². The van der Waals surface area contributed by atoms with Crippen LogP contribution in [0.2, 0.25) is 0 Å². The third-order valence-electron chi connectivity index (χ3n) is 5.37. The van der Waals surface area contributed by atoms with Gasteiger partial charge in [0.2, 0.25) is 5.91 Å². The Bertz CT molecular complexity index is 675. The molecule has 1 saturated heterocycles. The number of rotatable bonds is 4. The molecular formula is C18H24N4OS. The summed E-state index contributed by atoms with van der Waals surface area (Å²) in [6, 6.07) is 0. The molecule has 1 aliphatic heterocycles. The molecular weight excluding hydrogens is 320 g/mol. The van der Waals surface area contributed by atoms with Crippen molar-refractivity contribution >= 4 is 17.2 Å². The van der Waals surface area contributed by atoms with Crippen LogP contribution in [-0.2, 0) is 11.3 Å². The van der Waals surface area contributed by atoms with Crippen LogP contribution in [0.4, 0.5) is 0 Å². The van der Waals surface area contributed by atoms with Gasteiger partial charge in [0.1, 0.15) is 5.82 Å². The summed E-state index contributed by atoms with van der Waals surface area (Å²) in [4.78, 5) is 23.8. The molecule has 3 heterocycles. The smallest absolute Gasteiger partial charge is 0.225 e. The van der Waals surface area contributed by atoms with Crippen LogP contribution in [0.5, 0.6) is 0 Å². The second-order valence-electron chi connectivity index (χ2n) is 7.00. The molecule has 1 amide bonds. The third-order valence-corrected chi connectivity index (χ3v) is 6.00. The van der Waals surface area contributed by atoms with Crippen molar-refractivity contribution in [2.75, 3.05) is 13.1 Å². The fourth-order valence-electron chi connectivity index (χ4n) is 4.12. The van der Waals surface area contributed by atoms with Gasteiger partial charge in [-0.15, -0.1) is 11.3 Å².